The molecule has 8 nitrogen and oxygen atoms in total. The summed E-state index contributed by atoms with van der Waals surface area (Å²) in [6.07, 6.45) is 5.43. The molecule has 1 atom stereocenters. The number of carbonyl (C=O) groups excluding carboxylic acids is 2. The lowest BCUT2D eigenvalue weighted by atomic mass is 10.0. The molecule has 2 aromatic heterocycles. The number of aromatic nitrogens is 2. The quantitative estimate of drug-likeness (QED) is 0.676. The number of nitrogens with one attached hydrogen (secondary N) is 1. The van der Waals surface area contributed by atoms with Gasteiger partial charge >= 0.3 is 0 Å². The lowest BCUT2D eigenvalue weighted by molar-refractivity contribution is -0.126. The van der Waals surface area contributed by atoms with Gasteiger partial charge in [0, 0.05) is 26.3 Å². The Balaban J connectivity index is 1.40. The van der Waals surface area contributed by atoms with Gasteiger partial charge in [-0.15, -0.1) is 0 Å². The number of carbonyl (C=O) groups is 2. The Labute approximate surface area is 174 Å². The van der Waals surface area contributed by atoms with E-state index in [9.17, 15) is 9.59 Å². The maximum Gasteiger partial charge on any atom is 0.259 e. The zero-order chi connectivity index (χ0) is 20.9. The summed E-state index contributed by atoms with van der Waals surface area (Å²) in [6, 6.07) is 12.9. The number of likely N-dealkylation sites (tertiary alicyclic amines) is 1. The van der Waals surface area contributed by atoms with Crippen molar-refractivity contribution in [3.63, 3.8) is 0 Å². The minimum absolute atomic E-state index is 0.0259. The highest BCUT2D eigenvalue weighted by atomic mass is 16.5. The predicted octanol–water partition coefficient (Wildman–Crippen LogP) is 3.28. The Morgan fingerprint density at radius 3 is 2.60 bits per heavy atom. The van der Waals surface area contributed by atoms with Crippen LogP contribution < -0.4 is 5.32 Å². The van der Waals surface area contributed by atoms with Crippen molar-refractivity contribution in [2.45, 2.75) is 25.0 Å². The summed E-state index contributed by atoms with van der Waals surface area (Å²) in [5, 5.41) is 7.35. The third-order valence-electron chi connectivity index (χ3n) is 5.36. The minimum atomic E-state index is -0.705. The number of methoxy groups -OCH3 is 1. The van der Waals surface area contributed by atoms with Gasteiger partial charge in [0.1, 0.15) is 12.1 Å². The van der Waals surface area contributed by atoms with Crippen LogP contribution in [0.2, 0.25) is 0 Å². The lowest BCUT2D eigenvalue weighted by Gasteiger charge is -2.32. The highest BCUT2D eigenvalue weighted by Gasteiger charge is 2.28. The number of amides is 2. The normalized spacial score (nSPS) is 15.7. The summed E-state index contributed by atoms with van der Waals surface area (Å²) in [7, 11) is 1.52. The fourth-order valence-corrected chi connectivity index (χ4v) is 3.80. The summed E-state index contributed by atoms with van der Waals surface area (Å²) in [5.74, 6) is 0.345. The van der Waals surface area contributed by atoms with Gasteiger partial charge < -0.3 is 19.4 Å². The number of hydrogen-bond acceptors (Lipinski definition) is 5. The Kier molecular flexibility index (Phi) is 5.94. The third kappa shape index (κ3) is 4.13. The van der Waals surface area contributed by atoms with E-state index in [-0.39, 0.29) is 17.9 Å². The van der Waals surface area contributed by atoms with Crippen molar-refractivity contribution in [2.75, 3.05) is 25.5 Å². The molecule has 2 amide bonds. The van der Waals surface area contributed by atoms with Gasteiger partial charge in [0.15, 0.2) is 6.10 Å². The summed E-state index contributed by atoms with van der Waals surface area (Å²) in [6.45, 7) is 1.24. The molecule has 0 radical (unpaired) electrons. The van der Waals surface area contributed by atoms with E-state index < -0.39 is 6.10 Å². The van der Waals surface area contributed by atoms with Crippen LogP contribution in [0.15, 0.2) is 65.6 Å². The molecule has 0 unspecified atom stereocenters. The molecule has 156 valence electrons. The van der Waals surface area contributed by atoms with E-state index in [1.165, 1.54) is 19.6 Å². The molecule has 1 aliphatic rings. The van der Waals surface area contributed by atoms with Crippen LogP contribution in [0, 0.1) is 0 Å². The molecule has 3 aromatic rings. The van der Waals surface area contributed by atoms with Gasteiger partial charge in [-0.2, -0.15) is 5.10 Å². The topological polar surface area (TPSA) is 89.6 Å². The van der Waals surface area contributed by atoms with Crippen molar-refractivity contribution in [1.82, 2.24) is 14.7 Å². The fraction of sp³-hybridized carbons (Fsp3) is 0.318. The van der Waals surface area contributed by atoms with E-state index in [0.717, 1.165) is 18.4 Å². The maximum absolute atomic E-state index is 12.8. The van der Waals surface area contributed by atoms with Gasteiger partial charge in [0.25, 0.3) is 11.8 Å². The monoisotopic (exact) mass is 408 g/mol. The Morgan fingerprint density at radius 1 is 1.17 bits per heavy atom. The number of ether oxygens (including phenoxy) is 1. The maximum atomic E-state index is 12.8. The van der Waals surface area contributed by atoms with E-state index in [1.807, 2.05) is 39.9 Å². The van der Waals surface area contributed by atoms with E-state index in [1.54, 1.807) is 18.3 Å². The average Bonchev–Trinajstić information content (AvgIpc) is 3.47. The molecule has 0 saturated carbocycles. The van der Waals surface area contributed by atoms with Crippen molar-refractivity contribution in [2.24, 2.45) is 0 Å². The number of anilines is 1. The van der Waals surface area contributed by atoms with Crippen molar-refractivity contribution in [1.29, 1.82) is 0 Å². The molecule has 0 spiro atoms. The first-order valence-corrected chi connectivity index (χ1v) is 9.91. The highest BCUT2D eigenvalue weighted by molar-refractivity contribution is 5.94. The summed E-state index contributed by atoms with van der Waals surface area (Å²) >= 11 is 0. The van der Waals surface area contributed by atoms with Gasteiger partial charge in [-0.05, 0) is 24.5 Å². The Hall–Kier alpha value is -3.39. The van der Waals surface area contributed by atoms with E-state index in [2.05, 4.69) is 10.4 Å². The molecule has 1 aliphatic heterocycles. The van der Waals surface area contributed by atoms with Crippen LogP contribution in [0.25, 0.3) is 0 Å². The number of nitrogens with zero attached hydrogens (tertiary/aromatic N) is 3. The molecule has 4 rings (SSSR count). The fourth-order valence-electron chi connectivity index (χ4n) is 3.80. The Morgan fingerprint density at radius 2 is 1.93 bits per heavy atom. The number of piperidine rings is 1. The first-order valence-electron chi connectivity index (χ1n) is 9.91. The number of furan rings is 1. The first kappa shape index (κ1) is 19.9. The molecule has 3 heterocycles. The molecule has 1 aromatic carbocycles. The SMILES string of the molecule is CO[C@@H](C(=O)Nc1ccnn1C1CCN(C(=O)c2ccoc2)CC1)c1ccccc1. The second kappa shape index (κ2) is 8.96. The molecule has 8 heteroatoms. The summed E-state index contributed by atoms with van der Waals surface area (Å²) in [5.41, 5.74) is 1.35. The van der Waals surface area contributed by atoms with E-state index in [4.69, 9.17) is 9.15 Å². The van der Waals surface area contributed by atoms with Gasteiger partial charge in [0.2, 0.25) is 0 Å². The molecule has 1 fully saturated rings. The van der Waals surface area contributed by atoms with Crippen molar-refractivity contribution >= 4 is 17.6 Å². The van der Waals surface area contributed by atoms with Gasteiger partial charge in [-0.25, -0.2) is 4.68 Å². The van der Waals surface area contributed by atoms with Crippen LogP contribution in [0.3, 0.4) is 0 Å². The van der Waals surface area contributed by atoms with E-state index >= 15 is 0 Å². The second-order valence-electron chi connectivity index (χ2n) is 7.21. The standard InChI is InChI=1S/C22H24N4O4/c1-29-20(16-5-3-2-4-6-16)21(27)24-19-7-11-23-26(19)18-8-12-25(13-9-18)22(28)17-10-14-30-15-17/h2-7,10-11,14-15,18,20H,8-9,12-13H2,1H3,(H,24,27)/t20-/m1/s1. The number of benzene rings is 1. The van der Waals surface area contributed by atoms with E-state index in [0.29, 0.717) is 24.5 Å². The van der Waals surface area contributed by atoms with Gasteiger partial charge in [-0.3, -0.25) is 9.59 Å². The van der Waals surface area contributed by atoms with Crippen molar-refractivity contribution < 1.29 is 18.7 Å². The van der Waals surface area contributed by atoms with Crippen molar-refractivity contribution in [3.05, 3.63) is 72.3 Å². The molecule has 1 saturated heterocycles. The summed E-state index contributed by atoms with van der Waals surface area (Å²) < 4.78 is 12.3. The molecule has 0 bridgehead atoms. The number of rotatable bonds is 6. The number of hydrogen-bond donors (Lipinski definition) is 1. The van der Waals surface area contributed by atoms with Crippen LogP contribution >= 0.6 is 0 Å². The zero-order valence-corrected chi connectivity index (χ0v) is 16.7. The van der Waals surface area contributed by atoms with Crippen LogP contribution in [-0.4, -0.2) is 46.7 Å². The smallest absolute Gasteiger partial charge is 0.259 e. The molecule has 30 heavy (non-hydrogen) atoms. The van der Waals surface area contributed by atoms with Crippen LogP contribution in [0.4, 0.5) is 5.82 Å². The van der Waals surface area contributed by atoms with Crippen LogP contribution in [0.1, 0.15) is 40.9 Å². The lowest BCUT2D eigenvalue weighted by Crippen LogP contribution is -2.39. The molecular weight excluding hydrogens is 384 g/mol. The van der Waals surface area contributed by atoms with Crippen LogP contribution in [-0.2, 0) is 9.53 Å². The van der Waals surface area contributed by atoms with Crippen LogP contribution in [0.5, 0.6) is 0 Å². The van der Waals surface area contributed by atoms with Gasteiger partial charge in [0.05, 0.1) is 24.1 Å². The predicted molar refractivity (Wildman–Crippen MR) is 110 cm³/mol. The molecular formula is C22H24N4O4. The Bertz CT molecular complexity index is 976. The molecule has 0 aliphatic carbocycles. The summed E-state index contributed by atoms with van der Waals surface area (Å²) in [4.78, 5) is 27.1. The van der Waals surface area contributed by atoms with Crippen molar-refractivity contribution in [3.8, 4) is 0 Å². The van der Waals surface area contributed by atoms with Gasteiger partial charge in [-0.1, -0.05) is 30.3 Å². The first-order chi connectivity index (χ1) is 14.7. The average molecular weight is 408 g/mol. The second-order valence-corrected chi connectivity index (χ2v) is 7.21. The third-order valence-corrected chi connectivity index (χ3v) is 5.36. The largest absolute Gasteiger partial charge is 0.472 e. The zero-order valence-electron chi connectivity index (χ0n) is 16.7. The minimum Gasteiger partial charge on any atom is -0.472 e. The highest BCUT2D eigenvalue weighted by Crippen LogP contribution is 2.27. The molecule has 1 N–H and O–H groups in total.